The number of phenols is 1. The minimum atomic E-state index is -0.782. The van der Waals surface area contributed by atoms with Gasteiger partial charge in [-0.05, 0) is 44.0 Å². The van der Waals surface area contributed by atoms with Gasteiger partial charge in [0, 0.05) is 5.56 Å². The van der Waals surface area contributed by atoms with Crippen LogP contribution < -0.4 is 0 Å². The Kier molecular flexibility index (Phi) is 2.85. The molecule has 0 spiro atoms. The molecule has 90 valence electrons. The predicted molar refractivity (Wildman–Crippen MR) is 61.5 cm³/mol. The number of hydrogen-bond acceptors (Lipinski definition) is 5. The number of rotatable bonds is 2. The van der Waals surface area contributed by atoms with E-state index in [9.17, 15) is 10.2 Å². The van der Waals surface area contributed by atoms with Gasteiger partial charge in [-0.3, -0.25) is 0 Å². The molecule has 0 unspecified atom stereocenters. The van der Waals surface area contributed by atoms with Crippen molar-refractivity contribution in [2.24, 2.45) is 0 Å². The molecule has 17 heavy (non-hydrogen) atoms. The zero-order valence-electron chi connectivity index (χ0n) is 9.93. The third-order valence-electron chi connectivity index (χ3n) is 2.55. The normalized spacial score (nSPS) is 12.7. The van der Waals surface area contributed by atoms with Crippen molar-refractivity contribution in [3.05, 3.63) is 29.2 Å². The number of aromatic nitrogens is 2. The summed E-state index contributed by atoms with van der Waals surface area (Å²) in [5.74, 6) is 0.864. The summed E-state index contributed by atoms with van der Waals surface area (Å²) in [7, 11) is 0. The Labute approximate surface area is 98.7 Å². The van der Waals surface area contributed by atoms with E-state index in [-0.39, 0.29) is 11.6 Å². The first kappa shape index (κ1) is 11.6. The van der Waals surface area contributed by atoms with Crippen LogP contribution in [0.1, 0.15) is 30.0 Å². The molecular weight excluding hydrogens is 220 g/mol. The molecule has 5 nitrogen and oxygen atoms in total. The monoisotopic (exact) mass is 234 g/mol. The summed E-state index contributed by atoms with van der Waals surface area (Å²) >= 11 is 0. The highest BCUT2D eigenvalue weighted by Gasteiger charge is 2.14. The molecule has 0 fully saturated rings. The molecular formula is C12H14N2O3. The highest BCUT2D eigenvalue weighted by atomic mass is 16.5. The van der Waals surface area contributed by atoms with Crippen molar-refractivity contribution < 1.29 is 14.7 Å². The second kappa shape index (κ2) is 4.18. The van der Waals surface area contributed by atoms with E-state index in [0.29, 0.717) is 5.82 Å². The summed E-state index contributed by atoms with van der Waals surface area (Å²) in [4.78, 5) is 4.08. The minimum Gasteiger partial charge on any atom is -0.507 e. The van der Waals surface area contributed by atoms with Gasteiger partial charge in [-0.15, -0.1) is 0 Å². The van der Waals surface area contributed by atoms with Crippen LogP contribution >= 0.6 is 0 Å². The molecule has 0 aliphatic carbocycles. The molecule has 1 atom stereocenters. The largest absolute Gasteiger partial charge is 0.507 e. The summed E-state index contributed by atoms with van der Waals surface area (Å²) in [6.45, 7) is 5.17. The molecule has 0 saturated heterocycles. The first-order chi connectivity index (χ1) is 7.99. The molecule has 0 amide bonds. The van der Waals surface area contributed by atoms with Gasteiger partial charge < -0.3 is 14.7 Å². The Morgan fingerprint density at radius 3 is 2.29 bits per heavy atom. The van der Waals surface area contributed by atoms with E-state index in [0.717, 1.165) is 16.7 Å². The van der Waals surface area contributed by atoms with E-state index in [1.165, 1.54) is 0 Å². The lowest BCUT2D eigenvalue weighted by atomic mass is 10.1. The average molecular weight is 234 g/mol. The van der Waals surface area contributed by atoms with E-state index in [2.05, 4.69) is 10.1 Å². The lowest BCUT2D eigenvalue weighted by molar-refractivity contribution is 0.152. The summed E-state index contributed by atoms with van der Waals surface area (Å²) in [6.07, 6.45) is -0.782. The SMILES string of the molecule is Cc1cc(-c2noc([C@H](C)O)n2)cc(C)c1O. The Bertz CT molecular complexity index is 523. The third kappa shape index (κ3) is 2.14. The van der Waals surface area contributed by atoms with Gasteiger partial charge in [0.05, 0.1) is 0 Å². The van der Waals surface area contributed by atoms with Crippen molar-refractivity contribution in [1.82, 2.24) is 10.1 Å². The number of aromatic hydroxyl groups is 1. The maximum atomic E-state index is 9.67. The lowest BCUT2D eigenvalue weighted by Gasteiger charge is -2.04. The quantitative estimate of drug-likeness (QED) is 0.831. The van der Waals surface area contributed by atoms with Gasteiger partial charge in [-0.2, -0.15) is 4.98 Å². The third-order valence-corrected chi connectivity index (χ3v) is 2.55. The van der Waals surface area contributed by atoms with Gasteiger partial charge in [0.1, 0.15) is 11.9 Å². The molecule has 5 heteroatoms. The molecule has 0 saturated carbocycles. The molecule has 0 aliphatic rings. The van der Waals surface area contributed by atoms with Crippen molar-refractivity contribution in [2.75, 3.05) is 0 Å². The summed E-state index contributed by atoms with van der Waals surface area (Å²) in [6, 6.07) is 3.55. The van der Waals surface area contributed by atoms with Gasteiger partial charge in [-0.25, -0.2) is 0 Å². The molecule has 0 bridgehead atoms. The van der Waals surface area contributed by atoms with E-state index in [1.54, 1.807) is 19.1 Å². The van der Waals surface area contributed by atoms with Crippen LogP contribution in [-0.4, -0.2) is 20.4 Å². The Morgan fingerprint density at radius 1 is 1.24 bits per heavy atom. The summed E-state index contributed by atoms with van der Waals surface area (Å²) < 4.78 is 4.92. The number of nitrogens with zero attached hydrogens (tertiary/aromatic N) is 2. The standard InChI is InChI=1S/C12H14N2O3/c1-6-4-9(5-7(2)10(6)16)11-13-12(8(3)15)17-14-11/h4-5,8,15-16H,1-3H3/t8-/m0/s1. The van der Waals surface area contributed by atoms with E-state index in [4.69, 9.17) is 4.52 Å². The van der Waals surface area contributed by atoms with Crippen LogP contribution in [0.3, 0.4) is 0 Å². The van der Waals surface area contributed by atoms with Gasteiger partial charge >= 0.3 is 0 Å². The first-order valence-corrected chi connectivity index (χ1v) is 5.31. The Balaban J connectivity index is 2.46. The topological polar surface area (TPSA) is 79.4 Å². The number of aryl methyl sites for hydroxylation is 2. The van der Waals surface area contributed by atoms with Crippen molar-refractivity contribution in [3.63, 3.8) is 0 Å². The number of aliphatic hydroxyl groups is 1. The van der Waals surface area contributed by atoms with Crippen molar-refractivity contribution in [2.45, 2.75) is 26.9 Å². The molecule has 2 aromatic rings. The molecule has 1 heterocycles. The van der Waals surface area contributed by atoms with Gasteiger partial charge in [-0.1, -0.05) is 5.16 Å². The number of hydrogen-bond donors (Lipinski definition) is 2. The maximum absolute atomic E-state index is 9.67. The number of phenolic OH excluding ortho intramolecular Hbond substituents is 1. The van der Waals surface area contributed by atoms with Crippen LogP contribution in [0.15, 0.2) is 16.7 Å². The zero-order chi connectivity index (χ0) is 12.6. The molecule has 2 N–H and O–H groups in total. The lowest BCUT2D eigenvalue weighted by Crippen LogP contribution is -1.91. The van der Waals surface area contributed by atoms with Crippen LogP contribution in [0.25, 0.3) is 11.4 Å². The predicted octanol–water partition coefficient (Wildman–Crippen LogP) is 2.11. The van der Waals surface area contributed by atoms with Crippen LogP contribution in [0.5, 0.6) is 5.75 Å². The molecule has 0 radical (unpaired) electrons. The fourth-order valence-electron chi connectivity index (χ4n) is 1.61. The van der Waals surface area contributed by atoms with Gasteiger partial charge in [0.25, 0.3) is 5.89 Å². The smallest absolute Gasteiger partial charge is 0.255 e. The second-order valence-corrected chi connectivity index (χ2v) is 4.09. The Morgan fingerprint density at radius 2 is 1.82 bits per heavy atom. The molecule has 2 rings (SSSR count). The second-order valence-electron chi connectivity index (χ2n) is 4.09. The van der Waals surface area contributed by atoms with E-state index in [1.807, 2.05) is 13.8 Å². The minimum absolute atomic E-state index is 0.184. The van der Waals surface area contributed by atoms with E-state index < -0.39 is 6.10 Å². The molecule has 1 aromatic heterocycles. The fourth-order valence-corrected chi connectivity index (χ4v) is 1.61. The van der Waals surface area contributed by atoms with Crippen LogP contribution in [0, 0.1) is 13.8 Å². The summed E-state index contributed by atoms with van der Waals surface area (Å²) in [5.41, 5.74) is 2.26. The van der Waals surface area contributed by atoms with Crippen LogP contribution in [-0.2, 0) is 0 Å². The molecule has 1 aromatic carbocycles. The van der Waals surface area contributed by atoms with Crippen molar-refractivity contribution >= 4 is 0 Å². The van der Waals surface area contributed by atoms with Gasteiger partial charge in [0.15, 0.2) is 0 Å². The van der Waals surface area contributed by atoms with Crippen LogP contribution in [0.4, 0.5) is 0 Å². The maximum Gasteiger partial charge on any atom is 0.255 e. The number of benzene rings is 1. The van der Waals surface area contributed by atoms with Crippen LogP contribution in [0.2, 0.25) is 0 Å². The summed E-state index contributed by atoms with van der Waals surface area (Å²) in [5, 5.41) is 22.8. The van der Waals surface area contributed by atoms with E-state index >= 15 is 0 Å². The average Bonchev–Trinajstić information content (AvgIpc) is 2.74. The highest BCUT2D eigenvalue weighted by molar-refractivity contribution is 5.60. The Hall–Kier alpha value is -1.88. The van der Waals surface area contributed by atoms with Crippen molar-refractivity contribution in [1.29, 1.82) is 0 Å². The number of aliphatic hydroxyl groups excluding tert-OH is 1. The first-order valence-electron chi connectivity index (χ1n) is 5.31. The fraction of sp³-hybridized carbons (Fsp3) is 0.333. The van der Waals surface area contributed by atoms with Crippen molar-refractivity contribution in [3.8, 4) is 17.1 Å². The molecule has 0 aliphatic heterocycles. The van der Waals surface area contributed by atoms with Gasteiger partial charge in [0.2, 0.25) is 5.82 Å². The zero-order valence-corrected chi connectivity index (χ0v) is 9.93. The highest BCUT2D eigenvalue weighted by Crippen LogP contribution is 2.28.